The fourth-order valence-corrected chi connectivity index (χ4v) is 3.80. The first-order chi connectivity index (χ1) is 15.3. The van der Waals surface area contributed by atoms with Crippen LogP contribution in [0.3, 0.4) is 0 Å². The molecule has 2 N–H and O–H groups in total. The summed E-state index contributed by atoms with van der Waals surface area (Å²) in [6.45, 7) is 3.55. The van der Waals surface area contributed by atoms with Crippen molar-refractivity contribution in [3.63, 3.8) is 0 Å². The number of nitrogens with one attached hydrogen (secondary N) is 2. The molecule has 0 radical (unpaired) electrons. The zero-order chi connectivity index (χ0) is 22.8. The van der Waals surface area contributed by atoms with Crippen molar-refractivity contribution in [3.8, 4) is 5.69 Å². The van der Waals surface area contributed by atoms with Crippen LogP contribution < -0.4 is 15.5 Å². The molecule has 1 aliphatic heterocycles. The summed E-state index contributed by atoms with van der Waals surface area (Å²) in [6.07, 6.45) is 1.60. The van der Waals surface area contributed by atoms with Gasteiger partial charge in [0.05, 0.1) is 30.2 Å². The Hall–Kier alpha value is -3.80. The molecule has 0 saturated carbocycles. The number of aromatic nitrogens is 3. The van der Waals surface area contributed by atoms with E-state index >= 15 is 0 Å². The van der Waals surface area contributed by atoms with Crippen LogP contribution in [-0.2, 0) is 9.53 Å². The summed E-state index contributed by atoms with van der Waals surface area (Å²) in [4.78, 5) is 40.9. The second-order valence-corrected chi connectivity index (χ2v) is 7.95. The van der Waals surface area contributed by atoms with E-state index in [1.165, 1.54) is 41.0 Å². The summed E-state index contributed by atoms with van der Waals surface area (Å²) in [6, 6.07) is 5.99. The van der Waals surface area contributed by atoms with Crippen LogP contribution in [-0.4, -0.2) is 51.0 Å². The van der Waals surface area contributed by atoms with E-state index in [1.54, 1.807) is 12.1 Å². The number of rotatable bonds is 6. The number of aryl methyl sites for hydroxylation is 1. The topological polar surface area (TPSA) is 118 Å². The number of cyclic esters (lactones) is 1. The molecular formula is C20H19FN6O4S. The number of halogens is 1. The molecule has 0 spiro atoms. The zero-order valence-corrected chi connectivity index (χ0v) is 18.0. The molecule has 3 aromatic rings. The molecule has 1 fully saturated rings. The van der Waals surface area contributed by atoms with Crippen LogP contribution >= 0.6 is 11.5 Å². The number of benzene rings is 1. The number of ether oxygens (including phenoxy) is 1. The van der Waals surface area contributed by atoms with Gasteiger partial charge in [-0.1, -0.05) is 0 Å². The highest BCUT2D eigenvalue weighted by molar-refractivity contribution is 7.10. The van der Waals surface area contributed by atoms with Crippen molar-refractivity contribution in [2.75, 3.05) is 23.3 Å². The fraction of sp³-hybridized carbons (Fsp3) is 0.250. The Morgan fingerprint density at radius 3 is 2.84 bits per heavy atom. The van der Waals surface area contributed by atoms with Gasteiger partial charge in [-0.2, -0.15) is 4.37 Å². The van der Waals surface area contributed by atoms with Crippen LogP contribution in [0.1, 0.15) is 23.1 Å². The lowest BCUT2D eigenvalue weighted by Gasteiger charge is -2.14. The molecule has 12 heteroatoms. The average Bonchev–Trinajstić information content (AvgIpc) is 3.46. The van der Waals surface area contributed by atoms with E-state index in [9.17, 15) is 18.8 Å². The van der Waals surface area contributed by atoms with Crippen LogP contribution in [0.25, 0.3) is 5.69 Å². The molecule has 3 heterocycles. The third kappa shape index (κ3) is 4.59. The van der Waals surface area contributed by atoms with Crippen molar-refractivity contribution >= 4 is 40.1 Å². The van der Waals surface area contributed by atoms with E-state index in [0.717, 1.165) is 17.2 Å². The molecule has 4 rings (SSSR count). The molecule has 0 unspecified atom stereocenters. The highest BCUT2D eigenvalue weighted by Crippen LogP contribution is 2.26. The Kier molecular flexibility index (Phi) is 5.86. The Morgan fingerprint density at radius 1 is 1.34 bits per heavy atom. The van der Waals surface area contributed by atoms with Gasteiger partial charge in [0, 0.05) is 13.1 Å². The minimum absolute atomic E-state index is 0.114. The first-order valence-corrected chi connectivity index (χ1v) is 10.4. The van der Waals surface area contributed by atoms with Crippen molar-refractivity contribution in [2.45, 2.75) is 20.0 Å². The van der Waals surface area contributed by atoms with Gasteiger partial charge in [0.25, 0.3) is 5.91 Å². The number of hydrogen-bond donors (Lipinski definition) is 2. The van der Waals surface area contributed by atoms with E-state index in [2.05, 4.69) is 20.0 Å². The van der Waals surface area contributed by atoms with Crippen molar-refractivity contribution in [1.29, 1.82) is 0 Å². The quantitative estimate of drug-likeness (QED) is 0.586. The lowest BCUT2D eigenvalue weighted by atomic mass is 10.2. The van der Waals surface area contributed by atoms with Gasteiger partial charge in [-0.25, -0.2) is 14.2 Å². The standard InChI is InChI=1S/C20H19FN6O4S/c1-11-5-18(32-25-11)24-19(29)16-9-26(10-23-16)17-4-3-13(6-15(17)21)27-8-14(31-20(27)30)7-22-12(2)28/h3-6,9-10,14H,7-8H2,1-2H3,(H,22,28)(H,24,29)/t14-/m0/s1. The average molecular weight is 458 g/mol. The van der Waals surface area contributed by atoms with Crippen LogP contribution in [0.4, 0.5) is 19.9 Å². The van der Waals surface area contributed by atoms with Gasteiger partial charge in [-0.05, 0) is 42.7 Å². The number of carbonyl (C=O) groups is 3. The lowest BCUT2D eigenvalue weighted by Crippen LogP contribution is -2.33. The van der Waals surface area contributed by atoms with Crippen LogP contribution in [0.5, 0.6) is 0 Å². The molecule has 1 atom stereocenters. The highest BCUT2D eigenvalue weighted by Gasteiger charge is 2.32. The van der Waals surface area contributed by atoms with E-state index in [4.69, 9.17) is 4.74 Å². The Bertz CT molecular complexity index is 1190. The number of carbonyl (C=O) groups excluding carboxylic acids is 3. The van der Waals surface area contributed by atoms with E-state index in [-0.39, 0.29) is 30.4 Å². The van der Waals surface area contributed by atoms with E-state index < -0.39 is 23.9 Å². The first kappa shape index (κ1) is 21.4. The largest absolute Gasteiger partial charge is 0.442 e. The minimum Gasteiger partial charge on any atom is -0.442 e. The minimum atomic E-state index is -0.618. The molecule has 1 aliphatic rings. The maximum Gasteiger partial charge on any atom is 0.414 e. The second-order valence-electron chi connectivity index (χ2n) is 7.14. The molecule has 32 heavy (non-hydrogen) atoms. The maximum atomic E-state index is 14.8. The predicted molar refractivity (Wildman–Crippen MR) is 115 cm³/mol. The lowest BCUT2D eigenvalue weighted by molar-refractivity contribution is -0.119. The normalized spacial score (nSPS) is 15.5. The Labute approximate surface area is 186 Å². The fourth-order valence-electron chi connectivity index (χ4n) is 3.14. The van der Waals surface area contributed by atoms with E-state index in [1.807, 2.05) is 6.92 Å². The third-order valence-corrected chi connectivity index (χ3v) is 5.45. The van der Waals surface area contributed by atoms with E-state index in [0.29, 0.717) is 10.7 Å². The monoisotopic (exact) mass is 458 g/mol. The SMILES string of the molecule is CC(=O)NC[C@H]1CN(c2ccc(-n3cnc(C(=O)Nc4cc(C)ns4)c3)c(F)c2)C(=O)O1. The predicted octanol–water partition coefficient (Wildman–Crippen LogP) is 2.49. The van der Waals surface area contributed by atoms with Crippen LogP contribution in [0.2, 0.25) is 0 Å². The van der Waals surface area contributed by atoms with Crippen molar-refractivity contribution < 1.29 is 23.5 Å². The number of hydrogen-bond acceptors (Lipinski definition) is 7. The molecular weight excluding hydrogens is 439 g/mol. The van der Waals surface area contributed by atoms with Crippen molar-refractivity contribution in [1.82, 2.24) is 19.2 Å². The van der Waals surface area contributed by atoms with Gasteiger partial charge in [0.15, 0.2) is 0 Å². The summed E-state index contributed by atoms with van der Waals surface area (Å²) in [5.41, 5.74) is 1.39. The van der Waals surface area contributed by atoms with Gasteiger partial charge in [0.2, 0.25) is 5.91 Å². The number of nitrogens with zero attached hydrogens (tertiary/aromatic N) is 4. The van der Waals surface area contributed by atoms with Crippen LogP contribution in [0, 0.1) is 12.7 Å². The highest BCUT2D eigenvalue weighted by atomic mass is 32.1. The summed E-state index contributed by atoms with van der Waals surface area (Å²) in [5.74, 6) is -1.28. The Morgan fingerprint density at radius 2 is 2.16 bits per heavy atom. The van der Waals surface area contributed by atoms with Crippen molar-refractivity contribution in [2.24, 2.45) is 0 Å². The second kappa shape index (κ2) is 8.75. The van der Waals surface area contributed by atoms with Gasteiger partial charge >= 0.3 is 6.09 Å². The molecule has 166 valence electrons. The number of anilines is 2. The molecule has 0 bridgehead atoms. The third-order valence-electron chi connectivity index (χ3n) is 4.65. The van der Waals surface area contributed by atoms with Gasteiger partial charge in [0.1, 0.15) is 28.9 Å². The molecule has 1 saturated heterocycles. The Balaban J connectivity index is 1.46. The van der Waals surface area contributed by atoms with Gasteiger partial charge in [-0.15, -0.1) is 0 Å². The maximum absolute atomic E-state index is 14.8. The summed E-state index contributed by atoms with van der Waals surface area (Å²) in [5, 5.41) is 5.87. The molecule has 2 aromatic heterocycles. The summed E-state index contributed by atoms with van der Waals surface area (Å²) in [7, 11) is 0. The zero-order valence-electron chi connectivity index (χ0n) is 17.2. The molecule has 3 amide bonds. The van der Waals surface area contributed by atoms with Gasteiger partial charge < -0.3 is 19.9 Å². The molecule has 1 aromatic carbocycles. The first-order valence-electron chi connectivity index (χ1n) is 9.61. The smallest absolute Gasteiger partial charge is 0.414 e. The summed E-state index contributed by atoms with van der Waals surface area (Å²) >= 11 is 1.16. The number of amides is 3. The van der Waals surface area contributed by atoms with Crippen molar-refractivity contribution in [3.05, 3.63) is 54.0 Å². The summed E-state index contributed by atoms with van der Waals surface area (Å²) < 4.78 is 25.5. The number of imidazole rings is 1. The van der Waals surface area contributed by atoms with Crippen LogP contribution in [0.15, 0.2) is 36.8 Å². The van der Waals surface area contributed by atoms with Gasteiger partial charge in [-0.3, -0.25) is 14.5 Å². The molecule has 10 nitrogen and oxygen atoms in total. The molecule has 0 aliphatic carbocycles.